The van der Waals surface area contributed by atoms with Gasteiger partial charge in [-0.2, -0.15) is 13.2 Å². The molecule has 1 heterocycles. The average Bonchev–Trinajstić information content (AvgIpc) is 2.68. The summed E-state index contributed by atoms with van der Waals surface area (Å²) in [5.74, 6) is 0.742. The summed E-state index contributed by atoms with van der Waals surface area (Å²) in [5, 5.41) is 5.99. The first-order valence-electron chi connectivity index (χ1n) is 8.52. The molecule has 2 rings (SSSR count). The molecule has 0 aliphatic heterocycles. The number of nitrogens with two attached hydrogens (primary N) is 1. The van der Waals surface area contributed by atoms with E-state index in [4.69, 9.17) is 13.2 Å². The van der Waals surface area contributed by atoms with E-state index < -0.39 is 17.7 Å². The van der Waals surface area contributed by atoms with E-state index in [2.05, 4.69) is 22.2 Å². The van der Waals surface area contributed by atoms with E-state index in [9.17, 15) is 18.0 Å². The monoisotopic (exact) mass is 399 g/mol. The van der Waals surface area contributed by atoms with Crippen molar-refractivity contribution in [2.45, 2.75) is 6.18 Å². The van der Waals surface area contributed by atoms with Crippen LogP contribution in [0.3, 0.4) is 0 Å². The Hall–Kier alpha value is -3.36. The fraction of sp³-hybridized carbons (Fsp3) is 0.150. The molecule has 149 valence electrons. The van der Waals surface area contributed by atoms with Gasteiger partial charge in [-0.15, -0.1) is 0 Å². The number of aromatic nitrogens is 1. The third kappa shape index (κ3) is 5.34. The van der Waals surface area contributed by atoms with Gasteiger partial charge in [0.15, 0.2) is 0 Å². The molecule has 1 aromatic carbocycles. The summed E-state index contributed by atoms with van der Waals surface area (Å²) in [6.45, 7) is 3.26. The number of benzene rings is 1. The Morgan fingerprint density at radius 3 is 2.69 bits per heavy atom. The van der Waals surface area contributed by atoms with Crippen LogP contribution in [0.2, 0.25) is 0 Å². The van der Waals surface area contributed by atoms with E-state index in [1.165, 1.54) is 18.3 Å². The topological polar surface area (TPSA) is 80.0 Å². The normalized spacial score (nSPS) is 12.2. The van der Waals surface area contributed by atoms with Gasteiger partial charge >= 0.3 is 147 Å². The number of fused-ring (bicyclic) bond motifs is 1. The summed E-state index contributed by atoms with van der Waals surface area (Å²) in [6.07, 6.45) is -0.150. The Balaban J connectivity index is 2.32. The van der Waals surface area contributed by atoms with Crippen molar-refractivity contribution in [3.8, 4) is 0 Å². The Kier molecular flexibility index (Phi) is 6.98. The van der Waals surface area contributed by atoms with Crippen LogP contribution in [-0.4, -0.2) is 44.1 Å². The van der Waals surface area contributed by atoms with Crippen molar-refractivity contribution in [2.24, 2.45) is 0 Å². The minimum atomic E-state index is -4.63. The number of anilines is 1. The van der Waals surface area contributed by atoms with Crippen molar-refractivity contribution in [2.75, 3.05) is 19.3 Å². The van der Waals surface area contributed by atoms with Gasteiger partial charge in [0.25, 0.3) is 0 Å². The number of pyridine rings is 1. The summed E-state index contributed by atoms with van der Waals surface area (Å²) in [6, 6.07) is 6.24. The van der Waals surface area contributed by atoms with Crippen LogP contribution in [-0.2, 0) is 4.79 Å². The number of nitrogens with zero attached hydrogens (tertiary/aromatic N) is 1. The summed E-state index contributed by atoms with van der Waals surface area (Å²) in [7, 11) is 6.99. The van der Waals surface area contributed by atoms with Gasteiger partial charge in [-0.3, -0.25) is 0 Å². The molecule has 0 fully saturated rings. The number of rotatable bonds is 7. The third-order valence-corrected chi connectivity index (χ3v) is 3.97. The summed E-state index contributed by atoms with van der Waals surface area (Å²) in [5.41, 5.74) is 5.39. The van der Waals surface area contributed by atoms with Crippen LogP contribution >= 0.6 is 0 Å². The van der Waals surface area contributed by atoms with Gasteiger partial charge in [0, 0.05) is 0 Å². The van der Waals surface area contributed by atoms with E-state index in [1.54, 1.807) is 31.3 Å². The molecule has 0 saturated heterocycles. The third-order valence-electron chi connectivity index (χ3n) is 3.97. The van der Waals surface area contributed by atoms with Crippen LogP contribution in [0, 0.1) is 0 Å². The molecule has 0 atom stereocenters. The Labute approximate surface area is 167 Å². The standard InChI is InChI=1S/C20H19BF3N4O/c1-12(20(22,23)24)18-15-6-3-7-17(25)16(15)9-14(28-18)5-4-8-27-19(29)13(10-21)11-26-2/h3-7,9-11,26H,1,8,25H2,2H3,(H,27,29)/b5-4+,13-11+. The number of hydrogen-bond donors (Lipinski definition) is 3. The summed E-state index contributed by atoms with van der Waals surface area (Å²) in [4.78, 5) is 16.0. The molecule has 1 amide bonds. The average molecular weight is 399 g/mol. The molecule has 0 saturated carbocycles. The first-order valence-corrected chi connectivity index (χ1v) is 8.52. The predicted molar refractivity (Wildman–Crippen MR) is 112 cm³/mol. The zero-order valence-corrected chi connectivity index (χ0v) is 15.7. The second kappa shape index (κ2) is 9.23. The Morgan fingerprint density at radius 2 is 2.07 bits per heavy atom. The van der Waals surface area contributed by atoms with Gasteiger partial charge in [0.1, 0.15) is 0 Å². The van der Waals surface area contributed by atoms with Gasteiger partial charge in [-0.05, 0) is 0 Å². The second-order valence-corrected chi connectivity index (χ2v) is 5.98. The van der Waals surface area contributed by atoms with Crippen molar-refractivity contribution in [3.63, 3.8) is 0 Å². The number of allylic oxidation sites excluding steroid dienone is 1. The molecule has 1 radical (unpaired) electrons. The van der Waals surface area contributed by atoms with Crippen LogP contribution < -0.4 is 16.4 Å². The van der Waals surface area contributed by atoms with Gasteiger partial charge in [0.2, 0.25) is 0 Å². The molecule has 5 nitrogen and oxygen atoms in total. The quantitative estimate of drug-likeness (QED) is 0.380. The van der Waals surface area contributed by atoms with Crippen molar-refractivity contribution in [1.29, 1.82) is 0 Å². The van der Waals surface area contributed by atoms with Crippen LogP contribution in [0.4, 0.5) is 18.9 Å². The Morgan fingerprint density at radius 1 is 1.34 bits per heavy atom. The first kappa shape index (κ1) is 21.9. The van der Waals surface area contributed by atoms with E-state index in [0.29, 0.717) is 11.1 Å². The second-order valence-electron chi connectivity index (χ2n) is 5.98. The summed E-state index contributed by atoms with van der Waals surface area (Å²) >= 11 is 0. The van der Waals surface area contributed by atoms with Crippen LogP contribution in [0.25, 0.3) is 22.4 Å². The molecule has 4 N–H and O–H groups in total. The SMILES string of the molecule is [B]=C/C(=C\NC)C(=O)NC/C=C/c1cc2c(N)cccc2c(C(=C)C(F)(F)F)n1. The fourth-order valence-electron chi connectivity index (χ4n) is 2.55. The number of halogens is 3. The van der Waals surface area contributed by atoms with Crippen molar-refractivity contribution < 1.29 is 18.0 Å². The number of hydrogen-bond acceptors (Lipinski definition) is 4. The predicted octanol–water partition coefficient (Wildman–Crippen LogP) is 2.60. The molecule has 9 heteroatoms. The molecule has 2 aromatic rings. The van der Waals surface area contributed by atoms with E-state index in [-0.39, 0.29) is 28.9 Å². The van der Waals surface area contributed by atoms with Crippen molar-refractivity contribution in [3.05, 3.63) is 60.1 Å². The maximum absolute atomic E-state index is 13.2. The van der Waals surface area contributed by atoms with Crippen molar-refractivity contribution >= 4 is 47.5 Å². The molecule has 29 heavy (non-hydrogen) atoms. The molecular formula is C20H19BF3N4O. The molecular weight excluding hydrogens is 380 g/mol. The van der Waals surface area contributed by atoms with Crippen LogP contribution in [0.15, 0.2) is 48.7 Å². The number of nitrogen functional groups attached to an aromatic ring is 1. The van der Waals surface area contributed by atoms with Gasteiger partial charge < -0.3 is 0 Å². The molecule has 0 spiro atoms. The van der Waals surface area contributed by atoms with Gasteiger partial charge in [-0.25, -0.2) is 0 Å². The zero-order valence-electron chi connectivity index (χ0n) is 15.7. The fourth-order valence-corrected chi connectivity index (χ4v) is 2.55. The van der Waals surface area contributed by atoms with Crippen LogP contribution in [0.5, 0.6) is 0 Å². The number of carbonyl (C=O) groups is 1. The van der Waals surface area contributed by atoms with Gasteiger partial charge in [-0.1, -0.05) is 6.07 Å². The first-order chi connectivity index (χ1) is 13.7. The number of carbonyl (C=O) groups excluding carboxylic acids is 1. The minimum absolute atomic E-state index is 0.118. The molecule has 0 unspecified atom stereocenters. The maximum atomic E-state index is 13.2. The van der Waals surface area contributed by atoms with E-state index in [1.807, 2.05) is 0 Å². The molecule has 1 aromatic heterocycles. The van der Waals surface area contributed by atoms with Crippen molar-refractivity contribution in [1.82, 2.24) is 15.6 Å². The number of amides is 1. The number of nitrogens with one attached hydrogen (secondary N) is 2. The van der Waals surface area contributed by atoms with E-state index in [0.717, 1.165) is 5.97 Å². The van der Waals surface area contributed by atoms with Crippen LogP contribution in [0.1, 0.15) is 11.4 Å². The Bertz CT molecular complexity index is 1010. The molecule has 0 aliphatic carbocycles. The van der Waals surface area contributed by atoms with E-state index >= 15 is 0 Å². The summed E-state index contributed by atoms with van der Waals surface area (Å²) < 4.78 is 39.6. The molecule has 0 bridgehead atoms. The molecule has 0 aliphatic rings. The zero-order chi connectivity index (χ0) is 21.6. The van der Waals surface area contributed by atoms with Gasteiger partial charge in [0.05, 0.1) is 0 Å². The number of alkyl halides is 3.